The zero-order chi connectivity index (χ0) is 24.9. The van der Waals surface area contributed by atoms with Crippen molar-refractivity contribution >= 4 is 5.97 Å². The summed E-state index contributed by atoms with van der Waals surface area (Å²) in [7, 11) is 0. The Kier molecular flexibility index (Phi) is 10.3. The van der Waals surface area contributed by atoms with Crippen molar-refractivity contribution in [1.29, 1.82) is 0 Å². The molecule has 2 saturated heterocycles. The summed E-state index contributed by atoms with van der Waals surface area (Å²) in [5, 5.41) is 93.1. The van der Waals surface area contributed by atoms with Gasteiger partial charge in [0.15, 0.2) is 5.72 Å². The number of unbranched alkanes of at least 4 members (excludes halogenated alkanes) is 1. The zero-order valence-electron chi connectivity index (χ0n) is 17.8. The van der Waals surface area contributed by atoms with E-state index in [2.05, 4.69) is 10.2 Å². The average Bonchev–Trinajstić information content (AvgIpc) is 2.82. The minimum atomic E-state index is -2.51. The van der Waals surface area contributed by atoms with Gasteiger partial charge in [0, 0.05) is 0 Å². The lowest BCUT2D eigenvalue weighted by Gasteiger charge is -2.56. The molecule has 0 amide bonds. The first kappa shape index (κ1) is 28.2. The van der Waals surface area contributed by atoms with Gasteiger partial charge in [0.1, 0.15) is 61.0 Å². The van der Waals surface area contributed by atoms with E-state index in [-0.39, 0.29) is 13.0 Å². The number of ether oxygens (including phenoxy) is 2. The molecule has 2 rings (SSSR count). The van der Waals surface area contributed by atoms with Crippen LogP contribution in [0, 0.1) is 0 Å². The van der Waals surface area contributed by atoms with Crippen LogP contribution in [0.25, 0.3) is 0 Å². The van der Waals surface area contributed by atoms with E-state index in [1.807, 2.05) is 0 Å². The van der Waals surface area contributed by atoms with Crippen molar-refractivity contribution in [3.05, 3.63) is 0 Å². The van der Waals surface area contributed by atoms with Gasteiger partial charge in [-0.25, -0.2) is 4.79 Å². The third kappa shape index (κ3) is 5.62. The van der Waals surface area contributed by atoms with Crippen LogP contribution in [0.5, 0.6) is 0 Å². The Balaban J connectivity index is 2.54. The van der Waals surface area contributed by atoms with E-state index in [0.717, 1.165) is 0 Å². The molecule has 2 fully saturated rings. The van der Waals surface area contributed by atoms with Crippen LogP contribution in [0.4, 0.5) is 0 Å². The lowest BCUT2D eigenvalue weighted by Crippen LogP contribution is -2.80. The summed E-state index contributed by atoms with van der Waals surface area (Å²) in [6.45, 7) is -1.44. The molecule has 0 aliphatic carbocycles. The molecule has 11 atom stereocenters. The molecule has 194 valence electrons. The van der Waals surface area contributed by atoms with E-state index in [1.54, 1.807) is 0 Å². The summed E-state index contributed by atoms with van der Waals surface area (Å²) in [5.74, 6) is -1.24. The molecule has 2 aliphatic rings. The molecule has 2 aliphatic heterocycles. The number of aliphatic hydroxyl groups is 8. The first-order valence-corrected chi connectivity index (χ1v) is 10.6. The summed E-state index contributed by atoms with van der Waals surface area (Å²) in [6, 6.07) is -1.45. The number of carbonyl (C=O) groups is 1. The predicted molar refractivity (Wildman–Crippen MR) is 105 cm³/mol. The fourth-order valence-electron chi connectivity index (χ4n) is 4.17. The summed E-state index contributed by atoms with van der Waals surface area (Å²) < 4.78 is 11.1. The van der Waals surface area contributed by atoms with E-state index in [0.29, 0.717) is 12.8 Å². The SMILES string of the molecule is NCCCC[C@H](NC1(C2O[C@H](CO)[C@@H](O)[C@H](O)[C@H]2O)O[C@H](CO)[C@H](O)[C@H](O)[C@H]1O)C(=O)OO. The highest BCUT2D eigenvalue weighted by Gasteiger charge is 2.63. The minimum Gasteiger partial charge on any atom is -0.394 e. The lowest BCUT2D eigenvalue weighted by molar-refractivity contribution is -0.353. The second-order valence-corrected chi connectivity index (χ2v) is 8.20. The highest BCUT2D eigenvalue weighted by molar-refractivity contribution is 5.75. The number of nitrogens with one attached hydrogen (secondary N) is 1. The summed E-state index contributed by atoms with van der Waals surface area (Å²) >= 11 is 0. The molecule has 0 saturated carbocycles. The van der Waals surface area contributed by atoms with Crippen molar-refractivity contribution in [2.24, 2.45) is 5.73 Å². The number of nitrogens with two attached hydrogens (primary N) is 1. The third-order valence-corrected chi connectivity index (χ3v) is 6.06. The zero-order valence-corrected chi connectivity index (χ0v) is 17.8. The monoisotopic (exact) mass is 486 g/mol. The standard InChI is InChI=1S/C18H34N2O13/c19-4-2-1-3-7(17(29)33-30)20-18(15(28)13(26)11(24)9(6-22)32-18)16-14(27)12(25)10(23)8(5-21)31-16/h7-16,20-28,30H,1-6,19H2/t7-,8+,9+,10+,11-,12-,13-,14+,15+,16?,18?/m0/s1. The van der Waals surface area contributed by atoms with Crippen LogP contribution in [0.2, 0.25) is 0 Å². The first-order chi connectivity index (χ1) is 15.6. The average molecular weight is 486 g/mol. The number of hydrogen-bond acceptors (Lipinski definition) is 15. The molecule has 0 radical (unpaired) electrons. The van der Waals surface area contributed by atoms with Crippen LogP contribution in [0.15, 0.2) is 0 Å². The van der Waals surface area contributed by atoms with Gasteiger partial charge in [0.2, 0.25) is 0 Å². The second kappa shape index (κ2) is 12.1. The van der Waals surface area contributed by atoms with Gasteiger partial charge in [-0.05, 0) is 19.4 Å². The van der Waals surface area contributed by atoms with Crippen molar-refractivity contribution in [3.63, 3.8) is 0 Å². The normalized spacial score (nSPS) is 42.7. The Morgan fingerprint density at radius 1 is 0.939 bits per heavy atom. The largest absolute Gasteiger partial charge is 0.394 e. The van der Waals surface area contributed by atoms with Crippen LogP contribution in [-0.2, 0) is 19.2 Å². The van der Waals surface area contributed by atoms with E-state index >= 15 is 0 Å². The van der Waals surface area contributed by atoms with Gasteiger partial charge in [-0.15, -0.1) is 0 Å². The summed E-state index contributed by atoms with van der Waals surface area (Å²) in [6.07, 6.45) is -15.8. The van der Waals surface area contributed by atoms with Gasteiger partial charge in [0.25, 0.3) is 0 Å². The second-order valence-electron chi connectivity index (χ2n) is 8.20. The molecule has 0 aromatic heterocycles. The Hall–Kier alpha value is -1.05. The topological polar surface area (TPSA) is 265 Å². The fourth-order valence-corrected chi connectivity index (χ4v) is 4.17. The molecule has 0 bridgehead atoms. The Morgan fingerprint density at radius 2 is 1.55 bits per heavy atom. The molecule has 0 aromatic rings. The molecular weight excluding hydrogens is 452 g/mol. The summed E-state index contributed by atoms with van der Waals surface area (Å²) in [5.41, 5.74) is 2.94. The lowest BCUT2D eigenvalue weighted by atomic mass is 9.80. The smallest absolute Gasteiger partial charge is 0.358 e. The molecule has 12 N–H and O–H groups in total. The molecule has 0 aromatic carbocycles. The van der Waals surface area contributed by atoms with Gasteiger partial charge in [-0.2, -0.15) is 5.26 Å². The van der Waals surface area contributed by atoms with Crippen LogP contribution in [0.3, 0.4) is 0 Å². The third-order valence-electron chi connectivity index (χ3n) is 6.06. The minimum absolute atomic E-state index is 0.0473. The summed E-state index contributed by atoms with van der Waals surface area (Å²) in [4.78, 5) is 16.0. The molecule has 33 heavy (non-hydrogen) atoms. The van der Waals surface area contributed by atoms with Crippen LogP contribution in [-0.4, -0.2) is 139 Å². The van der Waals surface area contributed by atoms with Crippen molar-refractivity contribution < 1.29 is 65.3 Å². The number of carbonyl (C=O) groups excluding carboxylic acids is 1. The molecule has 15 nitrogen and oxygen atoms in total. The maximum atomic E-state index is 12.2. The molecular formula is C18H34N2O13. The fraction of sp³-hybridized carbons (Fsp3) is 0.944. The van der Waals surface area contributed by atoms with Gasteiger partial charge >= 0.3 is 5.97 Å². The van der Waals surface area contributed by atoms with Gasteiger partial charge < -0.3 is 56.1 Å². The molecule has 0 spiro atoms. The van der Waals surface area contributed by atoms with E-state index in [1.165, 1.54) is 0 Å². The Labute approximate surface area is 188 Å². The van der Waals surface area contributed by atoms with Gasteiger partial charge in [-0.3, -0.25) is 10.2 Å². The highest BCUT2D eigenvalue weighted by atomic mass is 17.1. The molecule has 15 heteroatoms. The van der Waals surface area contributed by atoms with Gasteiger partial charge in [-0.1, -0.05) is 6.42 Å². The Morgan fingerprint density at radius 3 is 2.09 bits per heavy atom. The van der Waals surface area contributed by atoms with E-state index in [4.69, 9.17) is 20.5 Å². The van der Waals surface area contributed by atoms with Crippen molar-refractivity contribution in [2.45, 2.75) is 86.0 Å². The van der Waals surface area contributed by atoms with Gasteiger partial charge in [0.05, 0.1) is 13.2 Å². The van der Waals surface area contributed by atoms with Crippen LogP contribution >= 0.6 is 0 Å². The van der Waals surface area contributed by atoms with Crippen molar-refractivity contribution in [2.75, 3.05) is 19.8 Å². The number of rotatable bonds is 10. The quantitative estimate of drug-likeness (QED) is 0.0779. The molecule has 2 unspecified atom stereocenters. The number of aliphatic hydroxyl groups excluding tert-OH is 8. The number of hydrogen-bond donors (Lipinski definition) is 11. The van der Waals surface area contributed by atoms with Crippen LogP contribution in [0.1, 0.15) is 19.3 Å². The van der Waals surface area contributed by atoms with E-state index in [9.17, 15) is 45.6 Å². The highest BCUT2D eigenvalue weighted by Crippen LogP contribution is 2.38. The Bertz CT molecular complexity index is 626. The molecule has 2 heterocycles. The van der Waals surface area contributed by atoms with Crippen molar-refractivity contribution in [3.8, 4) is 0 Å². The van der Waals surface area contributed by atoms with Crippen molar-refractivity contribution in [1.82, 2.24) is 5.32 Å². The maximum absolute atomic E-state index is 12.2. The van der Waals surface area contributed by atoms with E-state index < -0.39 is 85.9 Å². The first-order valence-electron chi connectivity index (χ1n) is 10.6. The predicted octanol–water partition coefficient (Wildman–Crippen LogP) is -5.90. The maximum Gasteiger partial charge on any atom is 0.358 e. The van der Waals surface area contributed by atoms with Crippen LogP contribution < -0.4 is 11.1 Å².